The van der Waals surface area contributed by atoms with Gasteiger partial charge in [0.1, 0.15) is 9.21 Å². The summed E-state index contributed by atoms with van der Waals surface area (Å²) in [6.45, 7) is 0. The van der Waals surface area contributed by atoms with Crippen LogP contribution in [0.25, 0.3) is 11.4 Å². The normalized spacial score (nSPS) is 14.9. The molecule has 1 aliphatic rings. The summed E-state index contributed by atoms with van der Waals surface area (Å²) in [5, 5.41) is 0. The molecule has 0 spiro atoms. The van der Waals surface area contributed by atoms with Gasteiger partial charge in [0.05, 0.1) is 0 Å². The van der Waals surface area contributed by atoms with Gasteiger partial charge in [0, 0.05) is 11.6 Å². The smallest absolute Gasteiger partial charge is 0.161 e. The van der Waals surface area contributed by atoms with Crippen LogP contribution in [0, 0.1) is 0 Å². The van der Waals surface area contributed by atoms with Crippen LogP contribution in [-0.2, 0) is 0 Å². The minimum Gasteiger partial charge on any atom is -0.221 e. The Hall–Kier alpha value is -0.740. The molecular weight excluding hydrogens is 344 g/mol. The van der Waals surface area contributed by atoms with Crippen molar-refractivity contribution in [3.05, 3.63) is 45.1 Å². The lowest BCUT2D eigenvalue weighted by molar-refractivity contribution is 1.11. The minimum absolute atomic E-state index is 0.744. The second-order valence-corrected chi connectivity index (χ2v) is 5.86. The summed E-state index contributed by atoms with van der Waals surface area (Å²) < 4.78 is 1.58. The Labute approximate surface area is 117 Å². The second-order valence-electron chi connectivity index (χ2n) is 4.23. The van der Waals surface area contributed by atoms with Crippen LogP contribution in [0.4, 0.5) is 0 Å². The average Bonchev–Trinajstić information content (AvgIpc) is 3.12. The van der Waals surface area contributed by atoms with Gasteiger partial charge in [-0.05, 0) is 56.2 Å². The van der Waals surface area contributed by atoms with E-state index in [1.165, 1.54) is 18.4 Å². The number of aromatic nitrogens is 2. The number of nitrogens with zero attached hydrogens (tertiary/aromatic N) is 2. The highest BCUT2D eigenvalue weighted by Gasteiger charge is 2.23. The first-order chi connectivity index (χ1) is 8.22. The van der Waals surface area contributed by atoms with E-state index in [1.54, 1.807) is 0 Å². The molecule has 3 rings (SSSR count). The molecule has 1 heterocycles. The van der Waals surface area contributed by atoms with E-state index in [0.717, 1.165) is 26.5 Å². The largest absolute Gasteiger partial charge is 0.221 e. The zero-order valence-corrected chi connectivity index (χ0v) is 12.2. The lowest BCUT2D eigenvalue weighted by Crippen LogP contribution is -1.90. The minimum atomic E-state index is 0.744. The third-order valence-electron chi connectivity index (χ3n) is 2.88. The number of hydrogen-bond donors (Lipinski definition) is 0. The highest BCUT2D eigenvalue weighted by Crippen LogP contribution is 2.40. The number of hydrogen-bond acceptors (Lipinski definition) is 2. The molecule has 86 valence electrons. The van der Waals surface area contributed by atoms with E-state index >= 15 is 0 Å². The number of benzene rings is 1. The molecule has 1 aromatic heterocycles. The second kappa shape index (κ2) is 4.50. The van der Waals surface area contributed by atoms with Gasteiger partial charge < -0.3 is 0 Å². The molecule has 0 N–H and O–H groups in total. The lowest BCUT2D eigenvalue weighted by Gasteiger charge is -2.03. The van der Waals surface area contributed by atoms with Crippen LogP contribution in [-0.4, -0.2) is 9.97 Å². The summed E-state index contributed by atoms with van der Waals surface area (Å²) in [7, 11) is 0. The van der Waals surface area contributed by atoms with Gasteiger partial charge in [0.15, 0.2) is 5.82 Å². The van der Waals surface area contributed by atoms with Crippen LogP contribution in [0.2, 0.25) is 0 Å². The van der Waals surface area contributed by atoms with Gasteiger partial charge in [-0.1, -0.05) is 24.3 Å². The van der Waals surface area contributed by atoms with E-state index in [0.29, 0.717) is 0 Å². The standard InChI is InChI=1S/C13H10Br2N2/c14-11-7-12(15)17-13(16-11)10-5-3-9(4-6-10)8-1-2-8/h3-8H,1-2H2. The Morgan fingerprint density at radius 1 is 0.941 bits per heavy atom. The predicted octanol–water partition coefficient (Wildman–Crippen LogP) is 4.55. The highest BCUT2D eigenvalue weighted by atomic mass is 79.9. The molecule has 1 saturated carbocycles. The monoisotopic (exact) mass is 352 g/mol. The van der Waals surface area contributed by atoms with Crippen LogP contribution in [0.3, 0.4) is 0 Å². The van der Waals surface area contributed by atoms with Crippen molar-refractivity contribution in [1.29, 1.82) is 0 Å². The van der Waals surface area contributed by atoms with E-state index in [2.05, 4.69) is 66.1 Å². The summed E-state index contributed by atoms with van der Waals surface area (Å²) in [6, 6.07) is 10.4. The Balaban J connectivity index is 1.96. The van der Waals surface area contributed by atoms with E-state index in [9.17, 15) is 0 Å². The molecule has 0 aliphatic heterocycles. The van der Waals surface area contributed by atoms with Crippen molar-refractivity contribution in [1.82, 2.24) is 9.97 Å². The van der Waals surface area contributed by atoms with Gasteiger partial charge in [-0.25, -0.2) is 9.97 Å². The van der Waals surface area contributed by atoms with Crippen LogP contribution in [0.1, 0.15) is 24.3 Å². The van der Waals surface area contributed by atoms with Crippen molar-refractivity contribution < 1.29 is 0 Å². The maximum absolute atomic E-state index is 4.37. The first kappa shape index (κ1) is 11.4. The van der Waals surface area contributed by atoms with Crippen LogP contribution >= 0.6 is 31.9 Å². The maximum Gasteiger partial charge on any atom is 0.161 e. The zero-order chi connectivity index (χ0) is 11.8. The van der Waals surface area contributed by atoms with Crippen molar-refractivity contribution in [3.8, 4) is 11.4 Å². The van der Waals surface area contributed by atoms with Crippen LogP contribution in [0.15, 0.2) is 39.5 Å². The molecule has 0 unspecified atom stereocenters. The van der Waals surface area contributed by atoms with Crippen molar-refractivity contribution in [2.24, 2.45) is 0 Å². The van der Waals surface area contributed by atoms with E-state index < -0.39 is 0 Å². The summed E-state index contributed by atoms with van der Waals surface area (Å²) in [6.07, 6.45) is 2.66. The van der Waals surface area contributed by atoms with E-state index in [-0.39, 0.29) is 0 Å². The van der Waals surface area contributed by atoms with Crippen molar-refractivity contribution in [3.63, 3.8) is 0 Å². The lowest BCUT2D eigenvalue weighted by atomic mass is 10.1. The first-order valence-corrected chi connectivity index (χ1v) is 7.11. The fourth-order valence-corrected chi connectivity index (χ4v) is 2.92. The summed E-state index contributed by atoms with van der Waals surface area (Å²) in [4.78, 5) is 8.74. The average molecular weight is 354 g/mol. The van der Waals surface area contributed by atoms with Crippen molar-refractivity contribution in [2.45, 2.75) is 18.8 Å². The van der Waals surface area contributed by atoms with Gasteiger partial charge in [0.2, 0.25) is 0 Å². The molecule has 1 aliphatic carbocycles. The van der Waals surface area contributed by atoms with E-state index in [1.807, 2.05) is 6.07 Å². The summed E-state index contributed by atoms with van der Waals surface area (Å²) in [5.74, 6) is 1.54. The quantitative estimate of drug-likeness (QED) is 0.740. The van der Waals surface area contributed by atoms with Gasteiger partial charge in [-0.3, -0.25) is 0 Å². The number of rotatable bonds is 2. The molecule has 1 fully saturated rings. The fraction of sp³-hybridized carbons (Fsp3) is 0.231. The molecule has 0 atom stereocenters. The third-order valence-corrected chi connectivity index (χ3v) is 3.69. The van der Waals surface area contributed by atoms with Gasteiger partial charge >= 0.3 is 0 Å². The molecule has 0 radical (unpaired) electrons. The molecule has 0 amide bonds. The predicted molar refractivity (Wildman–Crippen MR) is 74.8 cm³/mol. The zero-order valence-electron chi connectivity index (χ0n) is 9.03. The van der Waals surface area contributed by atoms with Gasteiger partial charge in [-0.2, -0.15) is 0 Å². The Bertz CT molecular complexity index is 528. The fourth-order valence-electron chi connectivity index (χ4n) is 1.84. The first-order valence-electron chi connectivity index (χ1n) is 5.53. The molecule has 17 heavy (non-hydrogen) atoms. The number of halogens is 2. The van der Waals surface area contributed by atoms with Crippen LogP contribution in [0.5, 0.6) is 0 Å². The Kier molecular flexibility index (Phi) is 3.01. The molecule has 1 aromatic carbocycles. The highest BCUT2D eigenvalue weighted by molar-refractivity contribution is 9.11. The van der Waals surface area contributed by atoms with Crippen molar-refractivity contribution >= 4 is 31.9 Å². The molecule has 0 saturated heterocycles. The Morgan fingerprint density at radius 2 is 1.53 bits per heavy atom. The third kappa shape index (κ3) is 2.58. The molecule has 4 heteroatoms. The van der Waals surface area contributed by atoms with Crippen LogP contribution < -0.4 is 0 Å². The summed E-state index contributed by atoms with van der Waals surface area (Å²) >= 11 is 6.75. The van der Waals surface area contributed by atoms with Gasteiger partial charge in [0.25, 0.3) is 0 Å². The summed E-state index contributed by atoms with van der Waals surface area (Å²) in [5.41, 5.74) is 2.49. The molecular formula is C13H10Br2N2. The van der Waals surface area contributed by atoms with Crippen molar-refractivity contribution in [2.75, 3.05) is 0 Å². The maximum atomic E-state index is 4.37. The SMILES string of the molecule is Brc1cc(Br)nc(-c2ccc(C3CC3)cc2)n1. The van der Waals surface area contributed by atoms with Gasteiger partial charge in [-0.15, -0.1) is 0 Å². The molecule has 2 aromatic rings. The molecule has 0 bridgehead atoms. The van der Waals surface area contributed by atoms with E-state index in [4.69, 9.17) is 0 Å². The molecule has 2 nitrogen and oxygen atoms in total. The Morgan fingerprint density at radius 3 is 2.06 bits per heavy atom. The topological polar surface area (TPSA) is 25.8 Å².